The van der Waals surface area contributed by atoms with E-state index in [-0.39, 0.29) is 17.9 Å². The number of allylic oxidation sites excluding steroid dienone is 6. The van der Waals surface area contributed by atoms with Crippen molar-refractivity contribution in [2.45, 2.75) is 102 Å². The minimum Gasteiger partial charge on any atom is -0.487 e. The molecule has 4 aliphatic carbocycles. The number of aliphatic hydroxyl groups is 2. The number of carbonyl (C=O) groups is 1. The van der Waals surface area contributed by atoms with Crippen LogP contribution in [0.3, 0.4) is 0 Å². The molecule has 2 aliphatic heterocycles. The molecule has 0 radical (unpaired) electrons. The van der Waals surface area contributed by atoms with Gasteiger partial charge in [0.2, 0.25) is 0 Å². The number of nitrogens with zero attached hydrogens (tertiary/aromatic N) is 1. The summed E-state index contributed by atoms with van der Waals surface area (Å²) in [6, 6.07) is 0.0844. The summed E-state index contributed by atoms with van der Waals surface area (Å²) in [4.78, 5) is 15.4. The summed E-state index contributed by atoms with van der Waals surface area (Å²) in [5, 5.41) is 23.6. The number of carbonyl (C=O) groups excluding carboxylic acids is 1. The molecule has 6 heteroatoms. The van der Waals surface area contributed by atoms with Gasteiger partial charge in [-0.2, -0.15) is 0 Å². The molecule has 2 heterocycles. The first-order valence-corrected chi connectivity index (χ1v) is 14.5. The second kappa shape index (κ2) is 9.39. The maximum Gasteiger partial charge on any atom is 0.336 e. The monoisotopic (exact) mass is 509 g/mol. The van der Waals surface area contributed by atoms with Gasteiger partial charge in [0.15, 0.2) is 5.76 Å². The lowest BCUT2D eigenvalue weighted by molar-refractivity contribution is -0.268. The van der Waals surface area contributed by atoms with Crippen LogP contribution >= 0.6 is 0 Å². The zero-order valence-corrected chi connectivity index (χ0v) is 22.6. The van der Waals surface area contributed by atoms with Gasteiger partial charge >= 0.3 is 5.97 Å². The molecule has 0 amide bonds. The third kappa shape index (κ3) is 3.97. The number of likely N-dealkylation sites (tertiary alicyclic amines) is 1. The minimum atomic E-state index is -0.899. The Hall–Kier alpha value is -1.89. The van der Waals surface area contributed by atoms with Crippen LogP contribution in [0.5, 0.6) is 0 Å². The van der Waals surface area contributed by atoms with E-state index in [4.69, 9.17) is 9.47 Å². The van der Waals surface area contributed by atoms with E-state index in [2.05, 4.69) is 30.9 Å². The number of hydrogen-bond donors (Lipinski definition) is 2. The summed E-state index contributed by atoms with van der Waals surface area (Å²) >= 11 is 0. The first-order chi connectivity index (χ1) is 17.7. The highest BCUT2D eigenvalue weighted by Crippen LogP contribution is 2.70. The molecule has 0 aromatic carbocycles. The van der Waals surface area contributed by atoms with Crippen LogP contribution < -0.4 is 0 Å². The van der Waals surface area contributed by atoms with Crippen LogP contribution in [0.2, 0.25) is 0 Å². The number of esters is 1. The Morgan fingerprint density at radius 2 is 2.05 bits per heavy atom. The van der Waals surface area contributed by atoms with Crippen molar-refractivity contribution in [1.29, 1.82) is 0 Å². The fraction of sp³-hybridized carbons (Fsp3) is 0.710. The zero-order valence-electron chi connectivity index (χ0n) is 22.6. The Kier molecular flexibility index (Phi) is 6.44. The Balaban J connectivity index is 1.28. The fourth-order valence-corrected chi connectivity index (χ4v) is 8.51. The lowest BCUT2D eigenvalue weighted by Crippen LogP contribution is -2.77. The standard InChI is InChI=1S/C31H43NO5/c1-19(2)6-4-7-20(3)16-26(34)36-24-11-10-22-17-25-31(35)13-12-23(33)29-30(31,27(22)28(24)37-29)14-15-32(25)18-21-8-5-9-21/h6,10-11,16,21-23,25,27,29,33,35H,4-5,7-9,12-15,17-18H2,1-3H3/b20-16+. The highest BCUT2D eigenvalue weighted by atomic mass is 16.6. The van der Waals surface area contributed by atoms with Gasteiger partial charge in [0.05, 0.1) is 17.1 Å². The topological polar surface area (TPSA) is 79.2 Å². The molecule has 37 heavy (non-hydrogen) atoms. The molecule has 2 N–H and O–H groups in total. The van der Waals surface area contributed by atoms with Gasteiger partial charge in [-0.25, -0.2) is 4.79 Å². The average Bonchev–Trinajstić information content (AvgIpc) is 3.16. The van der Waals surface area contributed by atoms with Crippen LogP contribution in [0, 0.1) is 23.2 Å². The van der Waals surface area contributed by atoms with Crippen molar-refractivity contribution in [3.63, 3.8) is 0 Å². The second-order valence-corrected chi connectivity index (χ2v) is 12.9. The van der Waals surface area contributed by atoms with E-state index in [9.17, 15) is 15.0 Å². The SMILES string of the molecule is CC(C)=CCC/C(C)=C/C(=O)OC1=C2OC3C(O)CCC4(O)C5CC(C=C1)C2C34CCN5CC1CCC1. The number of hydrogen-bond acceptors (Lipinski definition) is 6. The fourth-order valence-electron chi connectivity index (χ4n) is 8.51. The van der Waals surface area contributed by atoms with E-state index >= 15 is 0 Å². The van der Waals surface area contributed by atoms with Crippen molar-refractivity contribution in [2.24, 2.45) is 23.2 Å². The van der Waals surface area contributed by atoms with E-state index in [1.54, 1.807) is 6.08 Å². The van der Waals surface area contributed by atoms with E-state index in [0.717, 1.165) is 50.3 Å². The van der Waals surface area contributed by atoms with Crippen molar-refractivity contribution in [2.75, 3.05) is 13.1 Å². The molecule has 1 spiro atoms. The first-order valence-electron chi connectivity index (χ1n) is 14.5. The van der Waals surface area contributed by atoms with Gasteiger partial charge in [-0.05, 0) is 96.6 Å². The van der Waals surface area contributed by atoms with E-state index in [0.29, 0.717) is 24.4 Å². The quantitative estimate of drug-likeness (QED) is 0.292. The maximum atomic E-state index is 12.9. The number of aliphatic hydroxyl groups excluding tert-OH is 1. The predicted molar refractivity (Wildman–Crippen MR) is 141 cm³/mol. The smallest absolute Gasteiger partial charge is 0.336 e. The molecule has 6 aliphatic rings. The number of rotatable bonds is 7. The third-order valence-electron chi connectivity index (χ3n) is 10.4. The van der Waals surface area contributed by atoms with E-state index in [1.807, 2.05) is 13.0 Å². The van der Waals surface area contributed by atoms with Gasteiger partial charge in [-0.3, -0.25) is 4.90 Å². The summed E-state index contributed by atoms with van der Waals surface area (Å²) in [6.07, 6.45) is 15.2. The largest absolute Gasteiger partial charge is 0.487 e. The van der Waals surface area contributed by atoms with Crippen molar-refractivity contribution in [3.05, 3.63) is 47.0 Å². The van der Waals surface area contributed by atoms with Crippen LogP contribution in [0.1, 0.15) is 78.6 Å². The summed E-state index contributed by atoms with van der Waals surface area (Å²) in [5.74, 6) is 1.64. The molecule has 0 aromatic rings. The van der Waals surface area contributed by atoms with Gasteiger partial charge in [0.1, 0.15) is 11.9 Å². The normalized spacial score (nSPS) is 40.6. The molecule has 0 aromatic heterocycles. The average molecular weight is 510 g/mol. The Bertz CT molecular complexity index is 1070. The van der Waals surface area contributed by atoms with Crippen LogP contribution in [-0.4, -0.2) is 58.0 Å². The molecular formula is C31H43NO5. The van der Waals surface area contributed by atoms with Gasteiger partial charge in [-0.1, -0.05) is 29.7 Å². The Morgan fingerprint density at radius 3 is 2.78 bits per heavy atom. The molecule has 2 saturated heterocycles. The highest BCUT2D eigenvalue weighted by molar-refractivity contribution is 5.84. The molecule has 7 unspecified atom stereocenters. The molecule has 6 nitrogen and oxygen atoms in total. The lowest BCUT2D eigenvalue weighted by atomic mass is 9.44. The first kappa shape index (κ1) is 25.4. The maximum absolute atomic E-state index is 12.9. The van der Waals surface area contributed by atoms with Crippen LogP contribution in [0.4, 0.5) is 0 Å². The summed E-state index contributed by atoms with van der Waals surface area (Å²) in [7, 11) is 0. The summed E-state index contributed by atoms with van der Waals surface area (Å²) < 4.78 is 12.4. The van der Waals surface area contributed by atoms with Crippen molar-refractivity contribution >= 4 is 5.97 Å². The van der Waals surface area contributed by atoms with Crippen LogP contribution in [0.15, 0.2) is 47.0 Å². The third-order valence-corrected chi connectivity index (χ3v) is 10.4. The Morgan fingerprint density at radius 1 is 1.24 bits per heavy atom. The van der Waals surface area contributed by atoms with Crippen LogP contribution in [0.25, 0.3) is 0 Å². The summed E-state index contributed by atoms with van der Waals surface area (Å²) in [5.41, 5.74) is 0.815. The highest BCUT2D eigenvalue weighted by Gasteiger charge is 2.76. The molecule has 5 fully saturated rings. The van der Waals surface area contributed by atoms with E-state index < -0.39 is 29.2 Å². The van der Waals surface area contributed by atoms with Gasteiger partial charge in [0.25, 0.3) is 0 Å². The number of ether oxygens (including phenoxy) is 2. The predicted octanol–water partition coefficient (Wildman–Crippen LogP) is 4.79. The molecule has 3 saturated carbocycles. The van der Waals surface area contributed by atoms with Gasteiger partial charge < -0.3 is 19.7 Å². The lowest BCUT2D eigenvalue weighted by Gasteiger charge is -2.67. The Labute approximate surface area is 221 Å². The molecule has 7 atom stereocenters. The van der Waals surface area contributed by atoms with Crippen LogP contribution in [-0.2, 0) is 14.3 Å². The molecule has 6 rings (SSSR count). The zero-order chi connectivity index (χ0) is 25.9. The minimum absolute atomic E-state index is 0.0601. The molecule has 202 valence electrons. The van der Waals surface area contributed by atoms with Gasteiger partial charge in [-0.15, -0.1) is 0 Å². The number of piperidine rings is 1. The molecular weight excluding hydrogens is 466 g/mol. The summed E-state index contributed by atoms with van der Waals surface area (Å²) in [6.45, 7) is 8.11. The molecule has 2 bridgehead atoms. The van der Waals surface area contributed by atoms with Crippen molar-refractivity contribution in [3.8, 4) is 0 Å². The van der Waals surface area contributed by atoms with E-state index in [1.165, 1.54) is 24.8 Å². The van der Waals surface area contributed by atoms with Gasteiger partial charge in [0, 0.05) is 24.6 Å². The second-order valence-electron chi connectivity index (χ2n) is 12.9. The van der Waals surface area contributed by atoms with Crippen molar-refractivity contribution < 1.29 is 24.5 Å². The van der Waals surface area contributed by atoms with Crippen molar-refractivity contribution in [1.82, 2.24) is 4.90 Å².